The minimum Gasteiger partial charge on any atom is -0.497 e. The van der Waals surface area contributed by atoms with Gasteiger partial charge in [0.05, 0.1) is 13.2 Å². The zero-order valence-electron chi connectivity index (χ0n) is 10.0. The van der Waals surface area contributed by atoms with Gasteiger partial charge < -0.3 is 9.84 Å². The van der Waals surface area contributed by atoms with Gasteiger partial charge in [0.25, 0.3) is 0 Å². The normalized spacial score (nSPS) is 12.4. The molecule has 1 aromatic heterocycles. The molecule has 2 nitrogen and oxygen atoms in total. The Balaban J connectivity index is 2.09. The number of aryl methyl sites for hydroxylation is 1. The number of rotatable bonds is 4. The molecule has 0 spiro atoms. The van der Waals surface area contributed by atoms with Crippen molar-refractivity contribution >= 4 is 11.3 Å². The standard InChI is InChI=1S/C14H16O2S/c1-10-6-12(9-17-10)14(15)8-11-4-3-5-13(7-11)16-2/h3-7,9,14-15H,8H2,1-2H3. The van der Waals surface area contributed by atoms with Crippen LogP contribution in [0, 0.1) is 6.92 Å². The van der Waals surface area contributed by atoms with Crippen LogP contribution in [0.4, 0.5) is 0 Å². The van der Waals surface area contributed by atoms with Crippen LogP contribution in [0.2, 0.25) is 0 Å². The highest BCUT2D eigenvalue weighted by molar-refractivity contribution is 7.10. The van der Waals surface area contributed by atoms with Gasteiger partial charge in [0.15, 0.2) is 0 Å². The zero-order valence-corrected chi connectivity index (χ0v) is 10.8. The van der Waals surface area contributed by atoms with E-state index in [1.54, 1.807) is 18.4 Å². The Hall–Kier alpha value is -1.32. The number of aliphatic hydroxyl groups excluding tert-OH is 1. The predicted molar refractivity (Wildman–Crippen MR) is 70.7 cm³/mol. The number of hydrogen-bond acceptors (Lipinski definition) is 3. The summed E-state index contributed by atoms with van der Waals surface area (Å²) >= 11 is 1.67. The summed E-state index contributed by atoms with van der Waals surface area (Å²) < 4.78 is 5.17. The van der Waals surface area contributed by atoms with Crippen LogP contribution in [0.15, 0.2) is 35.7 Å². The first-order valence-electron chi connectivity index (χ1n) is 5.55. The summed E-state index contributed by atoms with van der Waals surface area (Å²) in [6.07, 6.45) is 0.181. The Morgan fingerprint density at radius 1 is 1.35 bits per heavy atom. The van der Waals surface area contributed by atoms with Crippen LogP contribution < -0.4 is 4.74 Å². The SMILES string of the molecule is COc1cccc(CC(O)c2csc(C)c2)c1. The summed E-state index contributed by atoms with van der Waals surface area (Å²) in [6, 6.07) is 9.85. The van der Waals surface area contributed by atoms with Gasteiger partial charge >= 0.3 is 0 Å². The number of hydrogen-bond donors (Lipinski definition) is 1. The molecule has 1 heterocycles. The van der Waals surface area contributed by atoms with E-state index in [2.05, 4.69) is 0 Å². The molecule has 2 aromatic rings. The quantitative estimate of drug-likeness (QED) is 0.899. The molecule has 0 aliphatic rings. The Morgan fingerprint density at radius 2 is 2.18 bits per heavy atom. The first-order valence-corrected chi connectivity index (χ1v) is 6.43. The van der Waals surface area contributed by atoms with Crippen molar-refractivity contribution in [3.8, 4) is 5.75 Å². The lowest BCUT2D eigenvalue weighted by atomic mass is 10.0. The molecule has 0 bridgehead atoms. The summed E-state index contributed by atoms with van der Waals surface area (Å²) in [7, 11) is 1.65. The molecule has 0 saturated carbocycles. The van der Waals surface area contributed by atoms with Gasteiger partial charge in [-0.1, -0.05) is 12.1 Å². The van der Waals surface area contributed by atoms with Crippen LogP contribution >= 0.6 is 11.3 Å². The fourth-order valence-corrected chi connectivity index (χ4v) is 2.53. The van der Waals surface area contributed by atoms with Crippen LogP contribution in [0.1, 0.15) is 22.1 Å². The Bertz CT molecular complexity index is 490. The van der Waals surface area contributed by atoms with Crippen molar-refractivity contribution in [1.82, 2.24) is 0 Å². The van der Waals surface area contributed by atoms with E-state index in [1.165, 1.54) is 4.88 Å². The van der Waals surface area contributed by atoms with E-state index < -0.39 is 6.10 Å². The Kier molecular flexibility index (Phi) is 3.82. The smallest absolute Gasteiger partial charge is 0.119 e. The van der Waals surface area contributed by atoms with Gasteiger partial charge in [0, 0.05) is 11.3 Å². The molecule has 0 aliphatic carbocycles. The summed E-state index contributed by atoms with van der Waals surface area (Å²) in [6.45, 7) is 2.05. The van der Waals surface area contributed by atoms with Gasteiger partial charge in [-0.2, -0.15) is 0 Å². The highest BCUT2D eigenvalue weighted by Crippen LogP contribution is 2.24. The largest absolute Gasteiger partial charge is 0.497 e. The molecule has 1 aromatic carbocycles. The van der Waals surface area contributed by atoms with Crippen molar-refractivity contribution in [2.24, 2.45) is 0 Å². The lowest BCUT2D eigenvalue weighted by molar-refractivity contribution is 0.179. The van der Waals surface area contributed by atoms with Crippen LogP contribution in [-0.4, -0.2) is 12.2 Å². The van der Waals surface area contributed by atoms with E-state index in [4.69, 9.17) is 4.74 Å². The fraction of sp³-hybridized carbons (Fsp3) is 0.286. The summed E-state index contributed by atoms with van der Waals surface area (Å²) in [5.74, 6) is 0.830. The van der Waals surface area contributed by atoms with E-state index in [1.807, 2.05) is 42.6 Å². The highest BCUT2D eigenvalue weighted by Gasteiger charge is 2.10. The van der Waals surface area contributed by atoms with Crippen LogP contribution in [0.25, 0.3) is 0 Å². The molecular weight excluding hydrogens is 232 g/mol. The minimum absolute atomic E-state index is 0.438. The lowest BCUT2D eigenvalue weighted by Gasteiger charge is -2.09. The third-order valence-electron chi connectivity index (χ3n) is 2.70. The predicted octanol–water partition coefficient (Wildman–Crippen LogP) is 3.34. The average molecular weight is 248 g/mol. The molecule has 0 radical (unpaired) electrons. The first kappa shape index (κ1) is 12.1. The molecule has 0 fully saturated rings. The maximum atomic E-state index is 10.1. The number of benzene rings is 1. The van der Waals surface area contributed by atoms with Gasteiger partial charge in [0.1, 0.15) is 5.75 Å². The summed E-state index contributed by atoms with van der Waals surface area (Å²) in [5, 5.41) is 12.1. The fourth-order valence-electron chi connectivity index (χ4n) is 1.78. The third-order valence-corrected chi connectivity index (χ3v) is 3.58. The molecule has 90 valence electrons. The molecule has 3 heteroatoms. The number of aliphatic hydroxyl groups is 1. The van der Waals surface area contributed by atoms with Crippen LogP contribution in [0.5, 0.6) is 5.75 Å². The van der Waals surface area contributed by atoms with E-state index >= 15 is 0 Å². The van der Waals surface area contributed by atoms with Crippen molar-refractivity contribution in [2.75, 3.05) is 7.11 Å². The summed E-state index contributed by atoms with van der Waals surface area (Å²) in [4.78, 5) is 1.23. The summed E-state index contributed by atoms with van der Waals surface area (Å²) in [5.41, 5.74) is 2.08. The number of thiophene rings is 1. The highest BCUT2D eigenvalue weighted by atomic mass is 32.1. The maximum Gasteiger partial charge on any atom is 0.119 e. The van der Waals surface area contributed by atoms with Gasteiger partial charge in [-0.3, -0.25) is 0 Å². The molecule has 0 amide bonds. The third kappa shape index (κ3) is 3.08. The minimum atomic E-state index is -0.438. The van der Waals surface area contributed by atoms with Gasteiger partial charge in [-0.05, 0) is 41.6 Å². The molecule has 0 saturated heterocycles. The van der Waals surface area contributed by atoms with Gasteiger partial charge in [0.2, 0.25) is 0 Å². The average Bonchev–Trinajstić information content (AvgIpc) is 2.76. The van der Waals surface area contributed by atoms with Crippen molar-refractivity contribution < 1.29 is 9.84 Å². The van der Waals surface area contributed by atoms with Crippen molar-refractivity contribution in [3.63, 3.8) is 0 Å². The number of methoxy groups -OCH3 is 1. The number of ether oxygens (including phenoxy) is 1. The van der Waals surface area contributed by atoms with Crippen molar-refractivity contribution in [2.45, 2.75) is 19.4 Å². The molecule has 1 N–H and O–H groups in total. The second-order valence-corrected chi connectivity index (χ2v) is 5.18. The van der Waals surface area contributed by atoms with Crippen LogP contribution in [-0.2, 0) is 6.42 Å². The van der Waals surface area contributed by atoms with E-state index in [0.29, 0.717) is 6.42 Å². The monoisotopic (exact) mass is 248 g/mol. The van der Waals surface area contributed by atoms with E-state index in [-0.39, 0.29) is 0 Å². The van der Waals surface area contributed by atoms with Gasteiger partial charge in [-0.25, -0.2) is 0 Å². The Labute approximate surface area is 105 Å². The van der Waals surface area contributed by atoms with Crippen LogP contribution in [0.3, 0.4) is 0 Å². The molecule has 0 aliphatic heterocycles. The zero-order chi connectivity index (χ0) is 12.3. The molecule has 1 atom stereocenters. The second-order valence-electron chi connectivity index (χ2n) is 4.06. The second kappa shape index (κ2) is 5.34. The maximum absolute atomic E-state index is 10.1. The van der Waals surface area contributed by atoms with Gasteiger partial charge in [-0.15, -0.1) is 11.3 Å². The topological polar surface area (TPSA) is 29.5 Å². The Morgan fingerprint density at radius 3 is 2.82 bits per heavy atom. The van der Waals surface area contributed by atoms with E-state index in [0.717, 1.165) is 16.9 Å². The van der Waals surface area contributed by atoms with Crippen molar-refractivity contribution in [3.05, 3.63) is 51.7 Å². The van der Waals surface area contributed by atoms with E-state index in [9.17, 15) is 5.11 Å². The molecule has 2 rings (SSSR count). The first-order chi connectivity index (χ1) is 8.19. The van der Waals surface area contributed by atoms with Crippen molar-refractivity contribution in [1.29, 1.82) is 0 Å². The molecular formula is C14H16O2S. The lowest BCUT2D eigenvalue weighted by Crippen LogP contribution is -2.00. The molecule has 17 heavy (non-hydrogen) atoms. The molecule has 1 unspecified atom stereocenters.